The molecule has 0 saturated heterocycles. The molecule has 0 aliphatic heterocycles. The van der Waals surface area contributed by atoms with Gasteiger partial charge in [-0.05, 0) is 84.2 Å². The van der Waals surface area contributed by atoms with Crippen LogP contribution in [0.25, 0.3) is 76.9 Å². The largest absolute Gasteiger partial charge is 0.456 e. The Hall–Kier alpha value is -5.14. The third-order valence-corrected chi connectivity index (χ3v) is 7.57. The van der Waals surface area contributed by atoms with Crippen LogP contribution in [0.5, 0.6) is 0 Å². The average molecular weight is 562 g/mol. The summed E-state index contributed by atoms with van der Waals surface area (Å²) in [5, 5.41) is -3.72. The van der Waals surface area contributed by atoms with Gasteiger partial charge in [0.2, 0.25) is 0 Å². The van der Waals surface area contributed by atoms with Crippen LogP contribution in [0.2, 0.25) is 0 Å². The van der Waals surface area contributed by atoms with E-state index in [4.69, 9.17) is 27.7 Å². The van der Waals surface area contributed by atoms with Crippen molar-refractivity contribution >= 4 is 43.5 Å². The second kappa shape index (κ2) is 8.44. The van der Waals surface area contributed by atoms with Crippen LogP contribution in [0.1, 0.15) is 59.2 Å². The lowest BCUT2D eigenvalue weighted by atomic mass is 9.80. The molecule has 0 N–H and O–H groups in total. The van der Waals surface area contributed by atoms with E-state index in [2.05, 4.69) is 0 Å². The summed E-state index contributed by atoms with van der Waals surface area (Å²) < 4.78 is 230. The van der Waals surface area contributed by atoms with Crippen molar-refractivity contribution in [2.24, 2.45) is 0 Å². The van der Waals surface area contributed by atoms with E-state index < -0.39 is 233 Å². The standard InChI is InChI=1S/C41H28O/c1-41(2)34-19-9-7-12-26(34)27-23-22-25(24-35(27)41)38-28-13-3-5-15-30(28)39(31-16-6-4-14-29(31)38)33-18-11-21-37-40(33)32-17-8-10-20-36(32)42-37/h3-24H,1-2H3/i1D3,3D,4D,5D,6D,7D,8D,9D,10D,11D,12D,13D,14D,15D,16D,17D,18D,19D,20D,21D,22D,23D,24D. The summed E-state index contributed by atoms with van der Waals surface area (Å²) in [5.41, 5.74) is -8.62. The number of hydrogen-bond donors (Lipinski definition) is 0. The van der Waals surface area contributed by atoms with E-state index in [9.17, 15) is 11.0 Å². The quantitative estimate of drug-likeness (QED) is 0.191. The summed E-state index contributed by atoms with van der Waals surface area (Å²) in [6, 6.07) is -19.5. The van der Waals surface area contributed by atoms with E-state index in [1.807, 2.05) is 0 Å². The molecule has 198 valence electrons. The predicted molar refractivity (Wildman–Crippen MR) is 177 cm³/mol. The van der Waals surface area contributed by atoms with Crippen LogP contribution in [-0.2, 0) is 5.41 Å². The predicted octanol–water partition coefficient (Wildman–Crippen LogP) is 11.5. The first kappa shape index (κ1) is 9.71. The van der Waals surface area contributed by atoms with Crippen LogP contribution in [0, 0.1) is 0 Å². The first-order valence-corrected chi connectivity index (χ1v) is 12.7. The fourth-order valence-electron chi connectivity index (χ4n) is 5.77. The summed E-state index contributed by atoms with van der Waals surface area (Å²) in [6.45, 7) is -2.21. The van der Waals surface area contributed by atoms with Crippen LogP contribution in [-0.4, -0.2) is 0 Å². The fourth-order valence-corrected chi connectivity index (χ4v) is 5.77. The molecule has 1 heteroatoms. The highest BCUT2D eigenvalue weighted by molar-refractivity contribution is 6.25. The van der Waals surface area contributed by atoms with Gasteiger partial charge in [0.15, 0.2) is 0 Å². The Labute approximate surface area is 279 Å². The number of furan rings is 1. The van der Waals surface area contributed by atoms with Gasteiger partial charge in [0.25, 0.3) is 0 Å². The highest BCUT2D eigenvalue weighted by Crippen LogP contribution is 2.51. The van der Waals surface area contributed by atoms with E-state index in [-0.39, 0.29) is 0 Å². The molecule has 1 unspecified atom stereocenters. The Bertz CT molecular complexity index is 3640. The second-order valence-electron chi connectivity index (χ2n) is 9.89. The molecule has 7 aromatic carbocycles. The minimum atomic E-state index is -3.27. The fraction of sp³-hybridized carbons (Fsp3) is 0.0732. The molecular formula is C41H28O. The lowest BCUT2D eigenvalue weighted by molar-refractivity contribution is 0.660. The first-order valence-electron chi connectivity index (χ1n) is 25.2. The number of benzene rings is 7. The monoisotopic (exact) mass is 561 g/mol. The molecule has 1 aliphatic carbocycles. The minimum absolute atomic E-state index is 0.456. The van der Waals surface area contributed by atoms with Gasteiger partial charge in [-0.2, -0.15) is 0 Å². The van der Waals surface area contributed by atoms with Crippen molar-refractivity contribution in [1.29, 1.82) is 0 Å². The Morgan fingerprint density at radius 1 is 0.524 bits per heavy atom. The van der Waals surface area contributed by atoms with Crippen LogP contribution in [0.4, 0.5) is 0 Å². The summed E-state index contributed by atoms with van der Waals surface area (Å²) in [6.07, 6.45) is 0. The van der Waals surface area contributed by atoms with Gasteiger partial charge in [0, 0.05) is 20.3 Å². The Kier molecular flexibility index (Phi) is 1.95. The van der Waals surface area contributed by atoms with Crippen LogP contribution >= 0.6 is 0 Å². The smallest absolute Gasteiger partial charge is 0.136 e. The molecule has 1 atom stereocenters. The number of hydrogen-bond acceptors (Lipinski definition) is 1. The van der Waals surface area contributed by atoms with Gasteiger partial charge in [-0.3, -0.25) is 0 Å². The minimum Gasteiger partial charge on any atom is -0.456 e. The van der Waals surface area contributed by atoms with Crippen LogP contribution < -0.4 is 0 Å². The number of para-hydroxylation sites is 1. The zero-order chi connectivity index (χ0) is 49.6. The molecule has 1 heterocycles. The topological polar surface area (TPSA) is 13.1 Å². The summed E-state index contributed by atoms with van der Waals surface area (Å²) >= 11 is 0. The molecule has 0 saturated carbocycles. The number of rotatable bonds is 2. The molecular weight excluding hydrogens is 508 g/mol. The molecule has 0 amide bonds. The molecule has 9 rings (SSSR count). The van der Waals surface area contributed by atoms with E-state index in [1.54, 1.807) is 0 Å². The molecule has 1 aliphatic rings. The van der Waals surface area contributed by atoms with Crippen LogP contribution in [0.3, 0.4) is 0 Å². The number of fused-ring (bicyclic) bond motifs is 8. The maximum absolute atomic E-state index is 9.90. The summed E-state index contributed by atoms with van der Waals surface area (Å²) in [5.74, 6) is 0. The molecule has 0 spiro atoms. The maximum Gasteiger partial charge on any atom is 0.136 e. The van der Waals surface area contributed by atoms with Crippen molar-refractivity contribution in [3.63, 3.8) is 0 Å². The van der Waals surface area contributed by atoms with Crippen molar-refractivity contribution in [2.45, 2.75) is 19.2 Å². The Morgan fingerprint density at radius 3 is 1.83 bits per heavy atom. The maximum atomic E-state index is 9.90. The van der Waals surface area contributed by atoms with E-state index >= 15 is 0 Å². The van der Waals surface area contributed by atoms with Gasteiger partial charge in [-0.1, -0.05) is 129 Å². The average Bonchev–Trinajstić information content (AvgIpc) is 3.82. The SMILES string of the molecule is [2H]c1c([2H])c([2H])c2c(c1[2H])-c1c([2H])c([2H])c(-c3c4c([2H])c([2H])c([2H])c([2H])c4c(-c4c([2H])c([2H])c([2H])c5oc6c([2H])c([2H])c([2H])c([2H])c6c45)c4c([2H])c([2H])c([2H])c([2H])c34)c([2H])c1C2(C)C([2H])([2H])[2H]. The highest BCUT2D eigenvalue weighted by Gasteiger charge is 2.35. The van der Waals surface area contributed by atoms with Crippen molar-refractivity contribution in [3.8, 4) is 33.4 Å². The normalized spacial score (nSPS) is 24.6. The Morgan fingerprint density at radius 2 is 1.10 bits per heavy atom. The van der Waals surface area contributed by atoms with Crippen molar-refractivity contribution in [2.75, 3.05) is 0 Å². The molecule has 8 aromatic rings. The molecule has 1 aromatic heterocycles. The summed E-state index contributed by atoms with van der Waals surface area (Å²) in [4.78, 5) is 0. The summed E-state index contributed by atoms with van der Waals surface area (Å²) in [7, 11) is 0. The van der Waals surface area contributed by atoms with Crippen molar-refractivity contribution in [1.82, 2.24) is 0 Å². The third-order valence-electron chi connectivity index (χ3n) is 7.57. The molecule has 42 heavy (non-hydrogen) atoms. The second-order valence-corrected chi connectivity index (χ2v) is 9.89. The van der Waals surface area contributed by atoms with Gasteiger partial charge < -0.3 is 4.42 Å². The van der Waals surface area contributed by atoms with Gasteiger partial charge in [0.05, 0.1) is 30.2 Å². The molecule has 0 fully saturated rings. The van der Waals surface area contributed by atoms with Gasteiger partial charge >= 0.3 is 0 Å². The Balaban J connectivity index is 1.64. The zero-order valence-corrected chi connectivity index (χ0v) is 21.4. The lowest BCUT2D eigenvalue weighted by Crippen LogP contribution is -2.14. The van der Waals surface area contributed by atoms with Gasteiger partial charge in [-0.15, -0.1) is 0 Å². The lowest BCUT2D eigenvalue weighted by Gasteiger charge is -2.23. The molecule has 0 bridgehead atoms. The van der Waals surface area contributed by atoms with Gasteiger partial charge in [-0.25, -0.2) is 0 Å². The third kappa shape index (κ3) is 3.08. The van der Waals surface area contributed by atoms with E-state index in [1.165, 1.54) is 0 Å². The van der Waals surface area contributed by atoms with Crippen molar-refractivity contribution < 1.29 is 38.7 Å². The van der Waals surface area contributed by atoms with Crippen molar-refractivity contribution in [3.05, 3.63) is 144 Å². The van der Waals surface area contributed by atoms with Crippen LogP contribution in [0.15, 0.2) is 137 Å². The molecule has 1 nitrogen and oxygen atoms in total. The van der Waals surface area contributed by atoms with E-state index in [0.29, 0.717) is 0 Å². The first-order chi connectivity index (χ1) is 31.0. The van der Waals surface area contributed by atoms with Gasteiger partial charge in [0.1, 0.15) is 11.2 Å². The highest BCUT2D eigenvalue weighted by atomic mass is 16.3. The molecule has 0 radical (unpaired) electrons. The zero-order valence-electron chi connectivity index (χ0n) is 46.4. The van der Waals surface area contributed by atoms with E-state index in [0.717, 1.165) is 6.92 Å².